The highest BCUT2D eigenvalue weighted by Crippen LogP contribution is 2.36. The zero-order valence-electron chi connectivity index (χ0n) is 27.2. The van der Waals surface area contributed by atoms with E-state index in [-0.39, 0.29) is 36.4 Å². The summed E-state index contributed by atoms with van der Waals surface area (Å²) >= 11 is 0. The van der Waals surface area contributed by atoms with E-state index in [2.05, 4.69) is 32.5 Å². The fourth-order valence-corrected chi connectivity index (χ4v) is 7.17. The van der Waals surface area contributed by atoms with Crippen LogP contribution in [0.2, 0.25) is 0 Å². The van der Waals surface area contributed by atoms with Gasteiger partial charge < -0.3 is 20.3 Å². The summed E-state index contributed by atoms with van der Waals surface area (Å²) in [5.41, 5.74) is 1.31. The number of aryl methyl sites for hydroxylation is 3. The number of carbonyl (C=O) groups is 1. The van der Waals surface area contributed by atoms with E-state index in [1.807, 2.05) is 0 Å². The number of fused-ring (bicyclic) bond motifs is 1. The molecule has 2 aromatic carbocycles. The quantitative estimate of drug-likeness (QED) is 0.296. The molecule has 0 spiro atoms. The van der Waals surface area contributed by atoms with Crippen LogP contribution in [0.3, 0.4) is 0 Å². The summed E-state index contributed by atoms with van der Waals surface area (Å²) < 4.78 is 73.1. The molecule has 2 N–H and O–H groups in total. The third-order valence-corrected chi connectivity index (χ3v) is 10.5. The van der Waals surface area contributed by atoms with Crippen LogP contribution in [0.4, 0.5) is 30.5 Å². The molecule has 0 unspecified atom stereocenters. The van der Waals surface area contributed by atoms with Crippen molar-refractivity contribution in [2.24, 2.45) is 5.92 Å². The lowest BCUT2D eigenvalue weighted by Crippen LogP contribution is -2.43. The van der Waals surface area contributed by atoms with Crippen molar-refractivity contribution < 1.29 is 31.1 Å². The van der Waals surface area contributed by atoms with Crippen molar-refractivity contribution in [3.05, 3.63) is 70.5 Å². The second kappa shape index (κ2) is 13.7. The van der Waals surface area contributed by atoms with Crippen LogP contribution in [0.1, 0.15) is 58.4 Å². The van der Waals surface area contributed by atoms with Gasteiger partial charge in [0.2, 0.25) is 16.0 Å². The van der Waals surface area contributed by atoms with E-state index in [1.165, 1.54) is 14.2 Å². The molecule has 10 nitrogen and oxygen atoms in total. The second-order valence-electron chi connectivity index (χ2n) is 12.5. The smallest absolute Gasteiger partial charge is 0.419 e. The Morgan fingerprint density at radius 3 is 2.60 bits per heavy atom. The number of nitrogens with zero attached hydrogens (tertiary/aromatic N) is 4. The number of ether oxygens (including phenoxy) is 1. The average molecular weight is 675 g/mol. The maximum absolute atomic E-state index is 14.0. The molecular weight excluding hydrogens is 633 g/mol. The minimum Gasteiger partial charge on any atom is -0.495 e. The first-order valence-corrected chi connectivity index (χ1v) is 17.4. The van der Waals surface area contributed by atoms with E-state index in [9.17, 15) is 26.4 Å². The number of sulfonamides is 1. The van der Waals surface area contributed by atoms with Gasteiger partial charge in [-0.1, -0.05) is 12.1 Å². The maximum Gasteiger partial charge on any atom is 0.419 e. The van der Waals surface area contributed by atoms with Crippen LogP contribution in [0, 0.1) is 12.8 Å². The average Bonchev–Trinajstić information content (AvgIpc) is 3.38. The number of hydrogen-bond acceptors (Lipinski definition) is 8. The lowest BCUT2D eigenvalue weighted by molar-refractivity contribution is -0.138. The van der Waals surface area contributed by atoms with Crippen molar-refractivity contribution in [2.75, 3.05) is 43.6 Å². The molecular formula is C33H41F3N6O4S. The topological polar surface area (TPSA) is 117 Å². The van der Waals surface area contributed by atoms with Crippen LogP contribution in [0.5, 0.6) is 5.75 Å². The highest BCUT2D eigenvalue weighted by Gasteiger charge is 2.38. The Balaban J connectivity index is 1.33. The van der Waals surface area contributed by atoms with E-state index in [1.54, 1.807) is 43.3 Å². The molecule has 47 heavy (non-hydrogen) atoms. The fourth-order valence-electron chi connectivity index (χ4n) is 6.64. The van der Waals surface area contributed by atoms with Crippen LogP contribution in [-0.2, 0) is 29.0 Å². The maximum atomic E-state index is 14.0. The molecule has 1 aliphatic carbocycles. The summed E-state index contributed by atoms with van der Waals surface area (Å²) in [7, 11) is 1.40. The van der Waals surface area contributed by atoms with Crippen molar-refractivity contribution in [1.82, 2.24) is 20.2 Å². The SMILES string of the molecule is COc1cc(C(=O)N[C@H]2CC[C@@H]3[C@@H](CCN3C)C2)ccc1Nc1ncc(C(F)(F)F)c(CCc2ccc(C)cc2N(C)S(C)(=O)=O)n1. The predicted octanol–water partition coefficient (Wildman–Crippen LogP) is 5.34. The molecule has 1 aromatic heterocycles. The van der Waals surface area contributed by atoms with Crippen LogP contribution < -0.4 is 19.7 Å². The van der Waals surface area contributed by atoms with Gasteiger partial charge in [-0.25, -0.2) is 18.4 Å². The van der Waals surface area contributed by atoms with Crippen LogP contribution in [0.15, 0.2) is 42.6 Å². The predicted molar refractivity (Wildman–Crippen MR) is 175 cm³/mol. The number of alkyl halides is 3. The molecule has 1 saturated carbocycles. The number of amides is 1. The Bertz CT molecular complexity index is 1740. The lowest BCUT2D eigenvalue weighted by atomic mass is 9.82. The van der Waals surface area contributed by atoms with Crippen LogP contribution in [0.25, 0.3) is 0 Å². The number of halogens is 3. The Morgan fingerprint density at radius 2 is 1.89 bits per heavy atom. The molecule has 2 aliphatic rings. The largest absolute Gasteiger partial charge is 0.495 e. The van der Waals surface area contributed by atoms with Crippen LogP contribution in [-0.4, -0.2) is 75.3 Å². The van der Waals surface area contributed by atoms with Crippen LogP contribution >= 0.6 is 0 Å². The molecule has 1 aliphatic heterocycles. The Labute approximate surface area is 273 Å². The third kappa shape index (κ3) is 7.98. The first kappa shape index (κ1) is 34.4. The number of anilines is 3. The van der Waals surface area contributed by atoms with Gasteiger partial charge in [0.25, 0.3) is 5.91 Å². The monoisotopic (exact) mass is 674 g/mol. The number of rotatable bonds is 10. The van der Waals surface area contributed by atoms with Gasteiger partial charge in [-0.05, 0) is 100 Å². The molecule has 2 heterocycles. The van der Waals surface area contributed by atoms with Gasteiger partial charge in [-0.15, -0.1) is 0 Å². The first-order valence-electron chi connectivity index (χ1n) is 15.6. The van der Waals surface area contributed by atoms with Crippen molar-refractivity contribution in [2.45, 2.75) is 63.7 Å². The minimum absolute atomic E-state index is 0.0841. The number of likely N-dealkylation sites (tertiary alicyclic amines) is 1. The number of benzene rings is 2. The normalized spacial score (nSPS) is 20.0. The van der Waals surface area contributed by atoms with E-state index in [4.69, 9.17) is 4.74 Å². The molecule has 254 valence electrons. The fraction of sp³-hybridized carbons (Fsp3) is 0.485. The zero-order valence-corrected chi connectivity index (χ0v) is 28.0. The highest BCUT2D eigenvalue weighted by atomic mass is 32.2. The zero-order chi connectivity index (χ0) is 34.1. The lowest BCUT2D eigenvalue weighted by Gasteiger charge is -2.34. The van der Waals surface area contributed by atoms with Gasteiger partial charge in [0.05, 0.1) is 36.0 Å². The Hall–Kier alpha value is -3.91. The van der Waals surface area contributed by atoms with E-state index < -0.39 is 21.8 Å². The summed E-state index contributed by atoms with van der Waals surface area (Å²) in [6.45, 7) is 2.89. The second-order valence-corrected chi connectivity index (χ2v) is 14.5. The van der Waals surface area contributed by atoms with Crippen molar-refractivity contribution >= 4 is 33.3 Å². The number of nitrogens with one attached hydrogen (secondary N) is 2. The molecule has 14 heteroatoms. The van der Waals surface area contributed by atoms with Crippen molar-refractivity contribution in [3.63, 3.8) is 0 Å². The first-order chi connectivity index (χ1) is 22.1. The Morgan fingerprint density at radius 1 is 1.13 bits per heavy atom. The summed E-state index contributed by atoms with van der Waals surface area (Å²) in [6.07, 6.45) is 1.13. The van der Waals surface area contributed by atoms with E-state index >= 15 is 0 Å². The number of hydrogen-bond donors (Lipinski definition) is 2. The molecule has 3 atom stereocenters. The van der Waals surface area contributed by atoms with Gasteiger partial charge in [-0.2, -0.15) is 13.2 Å². The molecule has 3 aromatic rings. The summed E-state index contributed by atoms with van der Waals surface area (Å²) in [5.74, 6) is 0.590. The van der Waals surface area contributed by atoms with Crippen molar-refractivity contribution in [3.8, 4) is 5.75 Å². The molecule has 0 radical (unpaired) electrons. The molecule has 2 fully saturated rings. The van der Waals surface area contributed by atoms with Crippen molar-refractivity contribution in [1.29, 1.82) is 0 Å². The molecule has 1 amide bonds. The standard InChI is InChI=1S/C33H41F3N6O4S/c1-20-6-7-21(29(16-20)42(3)47(5,44)45)8-11-26-25(33(34,35)36)19-37-32(39-26)40-27-12-9-23(18-30(27)46-4)31(43)38-24-10-13-28-22(17-24)14-15-41(28)2/h6-7,9,12,16,18-19,22,24,28H,8,10-11,13-15,17H2,1-5H3,(H,38,43)(H,37,39,40)/t22-,24-,28+/m0/s1. The summed E-state index contributed by atoms with van der Waals surface area (Å²) in [5, 5.41) is 6.10. The number of carbonyl (C=O) groups excluding carboxylic acids is 1. The van der Waals surface area contributed by atoms with E-state index in [0.29, 0.717) is 40.2 Å². The minimum atomic E-state index is -4.70. The number of aromatic nitrogens is 2. The molecule has 0 bridgehead atoms. The number of methoxy groups -OCH3 is 1. The van der Waals surface area contributed by atoms with Gasteiger partial charge in [-0.3, -0.25) is 9.10 Å². The van der Waals surface area contributed by atoms with Gasteiger partial charge in [0, 0.05) is 30.9 Å². The summed E-state index contributed by atoms with van der Waals surface area (Å²) in [6, 6.07) is 10.7. The third-order valence-electron chi connectivity index (χ3n) is 9.29. The molecule has 5 rings (SSSR count). The summed E-state index contributed by atoms with van der Waals surface area (Å²) in [4.78, 5) is 23.7. The van der Waals surface area contributed by atoms with Gasteiger partial charge in [0.15, 0.2) is 0 Å². The van der Waals surface area contributed by atoms with E-state index in [0.717, 1.165) is 54.5 Å². The Kier molecular flexibility index (Phi) is 10.0. The highest BCUT2D eigenvalue weighted by molar-refractivity contribution is 7.92. The molecule has 1 saturated heterocycles. The van der Waals surface area contributed by atoms with Gasteiger partial charge in [0.1, 0.15) is 5.75 Å². The van der Waals surface area contributed by atoms with Gasteiger partial charge >= 0.3 is 6.18 Å².